The molecule has 35 heavy (non-hydrogen) atoms. The van der Waals surface area contributed by atoms with Gasteiger partial charge in [0.1, 0.15) is 6.61 Å². The molecule has 2 aromatic carbocycles. The van der Waals surface area contributed by atoms with Gasteiger partial charge in [-0.05, 0) is 47.9 Å². The first-order valence-electron chi connectivity index (χ1n) is 12.2. The molecule has 2 fully saturated rings. The third kappa shape index (κ3) is 4.09. The van der Waals surface area contributed by atoms with Crippen LogP contribution in [0.2, 0.25) is 0 Å². The van der Waals surface area contributed by atoms with Gasteiger partial charge in [-0.2, -0.15) is 0 Å². The average molecular weight is 475 g/mol. The minimum Gasteiger partial charge on any atom is -0.481 e. The highest BCUT2D eigenvalue weighted by Crippen LogP contribution is 2.49. The Balaban J connectivity index is 1.14. The Kier molecular flexibility index (Phi) is 6.09. The van der Waals surface area contributed by atoms with Crippen LogP contribution in [0, 0.1) is 11.3 Å². The van der Waals surface area contributed by atoms with Crippen LogP contribution in [0.25, 0.3) is 11.1 Å². The van der Waals surface area contributed by atoms with Crippen molar-refractivity contribution in [2.75, 3.05) is 26.2 Å². The van der Waals surface area contributed by atoms with E-state index in [2.05, 4.69) is 29.6 Å². The highest BCUT2D eigenvalue weighted by molar-refractivity contribution is 5.94. The van der Waals surface area contributed by atoms with Crippen LogP contribution in [0.1, 0.15) is 43.2 Å². The Hall–Kier alpha value is -3.61. The lowest BCUT2D eigenvalue weighted by Crippen LogP contribution is -2.37. The summed E-state index contributed by atoms with van der Waals surface area (Å²) in [5.41, 5.74) is 4.34. The number of carboxylic acids is 1. The zero-order chi connectivity index (χ0) is 24.6. The molecule has 1 heterocycles. The Bertz CT molecular complexity index is 1160. The SMILES string of the molecule is C/C(=C\CNC(=O)OCC1c2ccccc2-c2ccccc21)C(=O)N1C[C@@H]2CCC[C@]2(C(=O)O)C1. The van der Waals surface area contributed by atoms with E-state index in [0.717, 1.165) is 24.0 Å². The number of carbonyl (C=O) groups excluding carboxylic acids is 2. The predicted molar refractivity (Wildman–Crippen MR) is 131 cm³/mol. The minimum atomic E-state index is -0.797. The lowest BCUT2D eigenvalue weighted by Gasteiger charge is -2.23. The van der Waals surface area contributed by atoms with Gasteiger partial charge in [0.2, 0.25) is 5.91 Å². The Morgan fingerprint density at radius 2 is 1.77 bits per heavy atom. The van der Waals surface area contributed by atoms with Gasteiger partial charge in [-0.3, -0.25) is 9.59 Å². The number of hydrogen-bond acceptors (Lipinski definition) is 4. The van der Waals surface area contributed by atoms with Crippen LogP contribution in [-0.2, 0) is 14.3 Å². The molecule has 2 N–H and O–H groups in total. The summed E-state index contributed by atoms with van der Waals surface area (Å²) in [7, 11) is 0. The number of ether oxygens (including phenoxy) is 1. The number of rotatable bonds is 6. The van der Waals surface area contributed by atoms with Gasteiger partial charge in [0, 0.05) is 31.1 Å². The van der Waals surface area contributed by atoms with Gasteiger partial charge in [-0.25, -0.2) is 4.79 Å². The second kappa shape index (κ2) is 9.21. The largest absolute Gasteiger partial charge is 0.481 e. The van der Waals surface area contributed by atoms with E-state index in [0.29, 0.717) is 18.5 Å². The van der Waals surface area contributed by atoms with Crippen LogP contribution in [-0.4, -0.2) is 54.2 Å². The number of carbonyl (C=O) groups is 3. The fourth-order valence-corrected chi connectivity index (χ4v) is 6.07. The van der Waals surface area contributed by atoms with Crippen LogP contribution in [0.15, 0.2) is 60.2 Å². The van der Waals surface area contributed by atoms with Crippen LogP contribution in [0.4, 0.5) is 4.79 Å². The fraction of sp³-hybridized carbons (Fsp3) is 0.393. The molecule has 0 spiro atoms. The van der Waals surface area contributed by atoms with Crippen molar-refractivity contribution in [2.24, 2.45) is 11.3 Å². The molecule has 7 heteroatoms. The molecular weight excluding hydrogens is 444 g/mol. The molecule has 7 nitrogen and oxygen atoms in total. The predicted octanol–water partition coefficient (Wildman–Crippen LogP) is 4.18. The van der Waals surface area contributed by atoms with E-state index in [-0.39, 0.29) is 37.4 Å². The van der Waals surface area contributed by atoms with Gasteiger partial charge in [0.05, 0.1) is 5.41 Å². The Morgan fingerprint density at radius 3 is 2.40 bits per heavy atom. The zero-order valence-corrected chi connectivity index (χ0v) is 19.8. The highest BCUT2D eigenvalue weighted by Gasteiger charge is 2.55. The molecule has 5 rings (SSSR count). The Morgan fingerprint density at radius 1 is 1.11 bits per heavy atom. The first kappa shape index (κ1) is 23.1. The quantitative estimate of drug-likeness (QED) is 0.613. The maximum atomic E-state index is 12.9. The minimum absolute atomic E-state index is 0.0109. The molecule has 0 radical (unpaired) electrons. The van der Waals surface area contributed by atoms with E-state index < -0.39 is 17.5 Å². The fourth-order valence-electron chi connectivity index (χ4n) is 6.07. The molecule has 0 aromatic heterocycles. The lowest BCUT2D eigenvalue weighted by atomic mass is 9.81. The average Bonchev–Trinajstić information content (AvgIpc) is 3.52. The number of benzene rings is 2. The van der Waals surface area contributed by atoms with Crippen LogP contribution >= 0.6 is 0 Å². The summed E-state index contributed by atoms with van der Waals surface area (Å²) in [5, 5.41) is 12.4. The summed E-state index contributed by atoms with van der Waals surface area (Å²) in [6.45, 7) is 2.83. The summed E-state index contributed by atoms with van der Waals surface area (Å²) in [6, 6.07) is 16.3. The van der Waals surface area contributed by atoms with Gasteiger partial charge in [0.25, 0.3) is 0 Å². The number of carboxylic acid groups (broad SMARTS) is 1. The van der Waals surface area contributed by atoms with E-state index >= 15 is 0 Å². The number of hydrogen-bond donors (Lipinski definition) is 2. The molecule has 2 amide bonds. The first-order valence-corrected chi connectivity index (χ1v) is 12.2. The van der Waals surface area contributed by atoms with E-state index in [1.54, 1.807) is 17.9 Å². The highest BCUT2D eigenvalue weighted by atomic mass is 16.5. The maximum absolute atomic E-state index is 12.9. The van der Waals surface area contributed by atoms with Crippen LogP contribution in [0.3, 0.4) is 0 Å². The molecule has 1 aliphatic heterocycles. The number of nitrogens with zero attached hydrogens (tertiary/aromatic N) is 1. The van der Waals surface area contributed by atoms with Gasteiger partial charge in [-0.1, -0.05) is 61.0 Å². The van der Waals surface area contributed by atoms with Crippen molar-refractivity contribution in [1.29, 1.82) is 0 Å². The molecule has 0 bridgehead atoms. The number of fused-ring (bicyclic) bond motifs is 4. The van der Waals surface area contributed by atoms with Crippen molar-refractivity contribution < 1.29 is 24.2 Å². The van der Waals surface area contributed by atoms with Gasteiger partial charge >= 0.3 is 12.1 Å². The molecule has 1 saturated carbocycles. The summed E-state index contributed by atoms with van der Waals surface area (Å²) in [6.07, 6.45) is 3.50. The molecule has 1 saturated heterocycles. The van der Waals surface area contributed by atoms with Crippen molar-refractivity contribution in [3.63, 3.8) is 0 Å². The number of alkyl carbamates (subject to hydrolysis) is 1. The van der Waals surface area contributed by atoms with Crippen LogP contribution in [0.5, 0.6) is 0 Å². The monoisotopic (exact) mass is 474 g/mol. The van der Waals surface area contributed by atoms with Gasteiger partial charge in [0.15, 0.2) is 0 Å². The van der Waals surface area contributed by atoms with E-state index in [9.17, 15) is 19.5 Å². The van der Waals surface area contributed by atoms with Crippen molar-refractivity contribution in [3.05, 3.63) is 71.3 Å². The zero-order valence-electron chi connectivity index (χ0n) is 19.8. The normalized spacial score (nSPS) is 22.9. The van der Waals surface area contributed by atoms with Crippen molar-refractivity contribution in [1.82, 2.24) is 10.2 Å². The second-order valence-electron chi connectivity index (χ2n) is 9.83. The van der Waals surface area contributed by atoms with E-state index in [1.807, 2.05) is 24.3 Å². The smallest absolute Gasteiger partial charge is 0.407 e. The van der Waals surface area contributed by atoms with Crippen LogP contribution < -0.4 is 5.32 Å². The van der Waals surface area contributed by atoms with E-state index in [1.165, 1.54) is 11.1 Å². The maximum Gasteiger partial charge on any atom is 0.407 e. The molecule has 182 valence electrons. The molecule has 2 atom stereocenters. The van der Waals surface area contributed by atoms with Crippen molar-refractivity contribution in [3.8, 4) is 11.1 Å². The third-order valence-corrected chi connectivity index (χ3v) is 7.92. The summed E-state index contributed by atoms with van der Waals surface area (Å²) in [4.78, 5) is 38.7. The standard InChI is InChI=1S/C28H30N2O5/c1-18(25(31)30-15-19-7-6-13-28(19,17-30)26(32)33)12-14-29-27(34)35-16-24-22-10-4-2-8-20(22)21-9-3-5-11-23(21)24/h2-5,8-12,19,24H,6-7,13-17H2,1H3,(H,29,34)(H,32,33)/b18-12+/t19-,28-/m0/s1. The third-order valence-electron chi connectivity index (χ3n) is 7.92. The second-order valence-corrected chi connectivity index (χ2v) is 9.83. The topological polar surface area (TPSA) is 95.9 Å². The summed E-state index contributed by atoms with van der Waals surface area (Å²) >= 11 is 0. The molecule has 3 aliphatic rings. The summed E-state index contributed by atoms with van der Waals surface area (Å²) < 4.78 is 5.53. The molecule has 2 aliphatic carbocycles. The summed E-state index contributed by atoms with van der Waals surface area (Å²) in [5.74, 6) is -0.956. The Labute approximate surface area is 204 Å². The number of amides is 2. The van der Waals surface area contributed by atoms with Gasteiger partial charge in [-0.15, -0.1) is 0 Å². The van der Waals surface area contributed by atoms with E-state index in [4.69, 9.17) is 4.74 Å². The number of likely N-dealkylation sites (tertiary alicyclic amines) is 1. The number of nitrogens with one attached hydrogen (secondary N) is 1. The van der Waals surface area contributed by atoms with Gasteiger partial charge < -0.3 is 20.1 Å². The lowest BCUT2D eigenvalue weighted by molar-refractivity contribution is -0.149. The number of aliphatic carboxylic acids is 1. The van der Waals surface area contributed by atoms with Crippen molar-refractivity contribution in [2.45, 2.75) is 32.1 Å². The molecule has 0 unspecified atom stereocenters. The first-order chi connectivity index (χ1) is 16.9. The van der Waals surface area contributed by atoms with Crippen molar-refractivity contribution >= 4 is 18.0 Å². The molecule has 2 aromatic rings. The molecular formula is C28H30N2O5.